The lowest BCUT2D eigenvalue weighted by Gasteiger charge is -2.15. The fourth-order valence-electron chi connectivity index (χ4n) is 1.79. The van der Waals surface area contributed by atoms with Crippen molar-refractivity contribution in [2.75, 3.05) is 0 Å². The predicted octanol–water partition coefficient (Wildman–Crippen LogP) is 5.09. The van der Waals surface area contributed by atoms with Crippen LogP contribution in [-0.2, 0) is 6.18 Å². The van der Waals surface area contributed by atoms with Gasteiger partial charge < -0.3 is 5.11 Å². The highest BCUT2D eigenvalue weighted by atomic mass is 35.5. The number of benzene rings is 2. The van der Waals surface area contributed by atoms with Crippen LogP contribution in [0.2, 0.25) is 10.0 Å². The maximum atomic E-state index is 12.5. The molecule has 0 aliphatic heterocycles. The van der Waals surface area contributed by atoms with Gasteiger partial charge >= 0.3 is 6.18 Å². The van der Waals surface area contributed by atoms with Crippen molar-refractivity contribution >= 4 is 23.2 Å². The number of alkyl halides is 3. The molecule has 1 atom stereocenters. The van der Waals surface area contributed by atoms with Crippen molar-refractivity contribution in [3.05, 3.63) is 69.2 Å². The highest BCUT2D eigenvalue weighted by Crippen LogP contribution is 2.35. The minimum absolute atomic E-state index is 0.255. The molecule has 0 aliphatic rings. The van der Waals surface area contributed by atoms with Gasteiger partial charge in [-0.1, -0.05) is 41.4 Å². The van der Waals surface area contributed by atoms with E-state index in [1.165, 1.54) is 12.1 Å². The highest BCUT2D eigenvalue weighted by Gasteiger charge is 2.30. The molecule has 2 rings (SSSR count). The van der Waals surface area contributed by atoms with E-state index in [0.717, 1.165) is 12.1 Å². The van der Waals surface area contributed by atoms with Gasteiger partial charge in [-0.15, -0.1) is 0 Å². The quantitative estimate of drug-likeness (QED) is 0.816. The Balaban J connectivity index is 2.37. The van der Waals surface area contributed by atoms with Crippen LogP contribution in [0, 0.1) is 0 Å². The minimum Gasteiger partial charge on any atom is -0.384 e. The van der Waals surface area contributed by atoms with E-state index in [1.807, 2.05) is 0 Å². The van der Waals surface area contributed by atoms with Crippen molar-refractivity contribution in [1.82, 2.24) is 0 Å². The fourth-order valence-corrected chi connectivity index (χ4v) is 2.40. The zero-order valence-corrected chi connectivity index (χ0v) is 11.5. The number of rotatable bonds is 2. The zero-order valence-electron chi connectivity index (χ0n) is 9.96. The summed E-state index contributed by atoms with van der Waals surface area (Å²) in [6, 6.07) is 8.94. The zero-order chi connectivity index (χ0) is 14.9. The third kappa shape index (κ3) is 3.08. The molecule has 0 aliphatic carbocycles. The second kappa shape index (κ2) is 5.64. The van der Waals surface area contributed by atoms with E-state index in [4.69, 9.17) is 23.2 Å². The van der Waals surface area contributed by atoms with E-state index in [0.29, 0.717) is 0 Å². The molecule has 106 valence electrons. The average molecular weight is 321 g/mol. The molecule has 2 aromatic carbocycles. The van der Waals surface area contributed by atoms with E-state index in [2.05, 4.69) is 0 Å². The van der Waals surface area contributed by atoms with Crippen LogP contribution >= 0.6 is 23.2 Å². The van der Waals surface area contributed by atoms with Gasteiger partial charge in [-0.05, 0) is 29.8 Å². The number of hydrogen-bond acceptors (Lipinski definition) is 1. The number of aliphatic hydroxyl groups excluding tert-OH is 1. The second-order valence-electron chi connectivity index (χ2n) is 4.16. The summed E-state index contributed by atoms with van der Waals surface area (Å²) in [5, 5.41) is 10.7. The van der Waals surface area contributed by atoms with Gasteiger partial charge in [0.15, 0.2) is 0 Å². The Morgan fingerprint density at radius 3 is 1.85 bits per heavy atom. The van der Waals surface area contributed by atoms with Crippen LogP contribution in [0.15, 0.2) is 42.5 Å². The van der Waals surface area contributed by atoms with Crippen molar-refractivity contribution in [1.29, 1.82) is 0 Å². The lowest BCUT2D eigenvalue weighted by Crippen LogP contribution is -2.06. The summed E-state index contributed by atoms with van der Waals surface area (Å²) in [5.41, 5.74) is -0.220. The number of hydrogen-bond donors (Lipinski definition) is 1. The first-order valence-corrected chi connectivity index (χ1v) is 6.35. The number of halogens is 5. The summed E-state index contributed by atoms with van der Waals surface area (Å²) in [7, 11) is 0. The van der Waals surface area contributed by atoms with Crippen molar-refractivity contribution < 1.29 is 18.3 Å². The molecule has 0 saturated carbocycles. The Hall–Kier alpha value is -1.23. The summed E-state index contributed by atoms with van der Waals surface area (Å²) in [4.78, 5) is 0. The van der Waals surface area contributed by atoms with E-state index in [-0.39, 0.29) is 21.2 Å². The molecule has 0 fully saturated rings. The first-order chi connectivity index (χ1) is 9.30. The molecule has 0 saturated heterocycles. The van der Waals surface area contributed by atoms with Gasteiger partial charge in [-0.3, -0.25) is 0 Å². The third-order valence-electron chi connectivity index (χ3n) is 2.83. The molecule has 0 radical (unpaired) electrons. The van der Waals surface area contributed by atoms with Crippen LogP contribution in [0.1, 0.15) is 22.8 Å². The van der Waals surface area contributed by atoms with E-state index in [9.17, 15) is 18.3 Å². The molecular formula is C14H9Cl2F3O. The van der Waals surface area contributed by atoms with Gasteiger partial charge in [-0.25, -0.2) is 0 Å². The first-order valence-electron chi connectivity index (χ1n) is 5.60. The van der Waals surface area contributed by atoms with Crippen LogP contribution in [-0.4, -0.2) is 5.11 Å². The van der Waals surface area contributed by atoms with Gasteiger partial charge in [0.1, 0.15) is 6.10 Å². The topological polar surface area (TPSA) is 20.2 Å². The second-order valence-corrected chi connectivity index (χ2v) is 4.97. The molecule has 1 nitrogen and oxygen atoms in total. The van der Waals surface area contributed by atoms with Crippen LogP contribution in [0.3, 0.4) is 0 Å². The maximum absolute atomic E-state index is 12.5. The Morgan fingerprint density at radius 1 is 0.900 bits per heavy atom. The molecule has 6 heteroatoms. The Morgan fingerprint density at radius 2 is 1.40 bits per heavy atom. The lowest BCUT2D eigenvalue weighted by molar-refractivity contribution is -0.137. The summed E-state index contributed by atoms with van der Waals surface area (Å²) in [6.45, 7) is 0. The first kappa shape index (κ1) is 15.2. The number of aliphatic hydroxyl groups is 1. The third-order valence-corrected chi connectivity index (χ3v) is 3.49. The lowest BCUT2D eigenvalue weighted by atomic mass is 10.00. The van der Waals surface area contributed by atoms with Crippen LogP contribution < -0.4 is 0 Å². The summed E-state index contributed by atoms with van der Waals surface area (Å²) in [6.07, 6.45) is -5.59. The Kier molecular flexibility index (Phi) is 4.28. The van der Waals surface area contributed by atoms with Crippen molar-refractivity contribution in [3.63, 3.8) is 0 Å². The van der Waals surface area contributed by atoms with Gasteiger partial charge in [0.05, 0.1) is 5.56 Å². The van der Waals surface area contributed by atoms with Gasteiger partial charge in [0.2, 0.25) is 0 Å². The average Bonchev–Trinajstić information content (AvgIpc) is 2.37. The van der Waals surface area contributed by atoms with Gasteiger partial charge in [0, 0.05) is 15.6 Å². The Labute approximate surface area is 123 Å². The van der Waals surface area contributed by atoms with Gasteiger partial charge in [0.25, 0.3) is 0 Å². The maximum Gasteiger partial charge on any atom is 0.416 e. The fraction of sp³-hybridized carbons (Fsp3) is 0.143. The van der Waals surface area contributed by atoms with E-state index < -0.39 is 17.8 Å². The summed E-state index contributed by atoms with van der Waals surface area (Å²) in [5.74, 6) is 0. The monoisotopic (exact) mass is 320 g/mol. The summed E-state index contributed by atoms with van der Waals surface area (Å²) < 4.78 is 37.4. The van der Waals surface area contributed by atoms with Crippen LogP contribution in [0.5, 0.6) is 0 Å². The molecule has 1 unspecified atom stereocenters. The van der Waals surface area contributed by atoms with Crippen molar-refractivity contribution in [2.24, 2.45) is 0 Å². The van der Waals surface area contributed by atoms with E-state index in [1.54, 1.807) is 18.2 Å². The molecule has 20 heavy (non-hydrogen) atoms. The Bertz CT molecular complexity index is 589. The SMILES string of the molecule is OC(c1ccc(C(F)(F)F)cc1)c1c(Cl)cccc1Cl. The molecule has 0 bridgehead atoms. The molecule has 1 N–H and O–H groups in total. The molecular weight excluding hydrogens is 312 g/mol. The van der Waals surface area contributed by atoms with Crippen molar-refractivity contribution in [3.8, 4) is 0 Å². The summed E-state index contributed by atoms with van der Waals surface area (Å²) >= 11 is 11.9. The standard InChI is InChI=1S/C14H9Cl2F3O/c15-10-2-1-3-11(16)12(10)13(20)8-4-6-9(7-5-8)14(17,18)19/h1-7,13,20H. The molecule has 2 aromatic rings. The predicted molar refractivity (Wildman–Crippen MR) is 72.0 cm³/mol. The van der Waals surface area contributed by atoms with E-state index >= 15 is 0 Å². The molecule has 0 spiro atoms. The normalized spacial score (nSPS) is 13.3. The van der Waals surface area contributed by atoms with Gasteiger partial charge in [-0.2, -0.15) is 13.2 Å². The van der Waals surface area contributed by atoms with Crippen molar-refractivity contribution in [2.45, 2.75) is 12.3 Å². The molecule has 0 aromatic heterocycles. The minimum atomic E-state index is -4.41. The van der Waals surface area contributed by atoms with Crippen LogP contribution in [0.25, 0.3) is 0 Å². The molecule has 0 heterocycles. The molecule has 0 amide bonds. The highest BCUT2D eigenvalue weighted by molar-refractivity contribution is 6.36. The van der Waals surface area contributed by atoms with Crippen LogP contribution in [0.4, 0.5) is 13.2 Å². The largest absolute Gasteiger partial charge is 0.416 e. The smallest absolute Gasteiger partial charge is 0.384 e.